The van der Waals surface area contributed by atoms with Crippen LogP contribution in [0.3, 0.4) is 0 Å². The minimum absolute atomic E-state index is 0.223. The third-order valence-electron chi connectivity index (χ3n) is 3.40. The quantitative estimate of drug-likeness (QED) is 0.744. The van der Waals surface area contributed by atoms with Gasteiger partial charge in [0.05, 0.1) is 0 Å². The Labute approximate surface area is 114 Å². The van der Waals surface area contributed by atoms with Crippen LogP contribution in [-0.2, 0) is 5.41 Å². The summed E-state index contributed by atoms with van der Waals surface area (Å²) in [5, 5.41) is 20.7. The SMILES string of the molecule is Cc1c(O)cc(C(C)(C)C)c(O)c1-c1ccccc1. The lowest BCUT2D eigenvalue weighted by molar-refractivity contribution is 0.435. The number of hydrogen-bond donors (Lipinski definition) is 2. The van der Waals surface area contributed by atoms with Crippen molar-refractivity contribution in [3.05, 3.63) is 47.5 Å². The van der Waals surface area contributed by atoms with E-state index in [0.717, 1.165) is 11.1 Å². The number of benzene rings is 2. The van der Waals surface area contributed by atoms with Gasteiger partial charge in [0.2, 0.25) is 0 Å². The molecular formula is C17H20O2. The summed E-state index contributed by atoms with van der Waals surface area (Å²) in [4.78, 5) is 0. The summed E-state index contributed by atoms with van der Waals surface area (Å²) in [6, 6.07) is 11.3. The molecule has 0 saturated carbocycles. The van der Waals surface area contributed by atoms with Crippen LogP contribution in [0, 0.1) is 6.92 Å². The van der Waals surface area contributed by atoms with Crippen LogP contribution >= 0.6 is 0 Å². The molecule has 0 aliphatic carbocycles. The lowest BCUT2D eigenvalue weighted by atomic mass is 9.82. The summed E-state index contributed by atoms with van der Waals surface area (Å²) in [7, 11) is 0. The first-order valence-electron chi connectivity index (χ1n) is 6.44. The van der Waals surface area contributed by atoms with Gasteiger partial charge in [-0.3, -0.25) is 0 Å². The van der Waals surface area contributed by atoms with Crippen LogP contribution in [0.1, 0.15) is 31.9 Å². The highest BCUT2D eigenvalue weighted by Crippen LogP contribution is 2.44. The molecule has 0 fully saturated rings. The van der Waals surface area contributed by atoms with Gasteiger partial charge in [-0.15, -0.1) is 0 Å². The maximum atomic E-state index is 10.6. The van der Waals surface area contributed by atoms with Crippen molar-refractivity contribution in [1.29, 1.82) is 0 Å². The van der Waals surface area contributed by atoms with Gasteiger partial charge in [0.1, 0.15) is 11.5 Å². The van der Waals surface area contributed by atoms with E-state index in [1.54, 1.807) is 6.07 Å². The number of phenols is 2. The highest BCUT2D eigenvalue weighted by Gasteiger charge is 2.24. The summed E-state index contributed by atoms with van der Waals surface area (Å²) in [5.74, 6) is 0.482. The monoisotopic (exact) mass is 256 g/mol. The Morgan fingerprint density at radius 1 is 0.947 bits per heavy atom. The van der Waals surface area contributed by atoms with E-state index in [9.17, 15) is 10.2 Å². The minimum Gasteiger partial charge on any atom is -0.508 e. The number of aromatic hydroxyl groups is 2. The van der Waals surface area contributed by atoms with Crippen molar-refractivity contribution in [1.82, 2.24) is 0 Å². The molecule has 2 rings (SSSR count). The zero-order chi connectivity index (χ0) is 14.2. The normalized spacial score (nSPS) is 11.6. The molecule has 0 aromatic heterocycles. The van der Waals surface area contributed by atoms with Crippen molar-refractivity contribution in [2.24, 2.45) is 0 Å². The number of hydrogen-bond acceptors (Lipinski definition) is 2. The molecule has 2 aromatic rings. The van der Waals surface area contributed by atoms with Crippen molar-refractivity contribution < 1.29 is 10.2 Å². The van der Waals surface area contributed by atoms with Crippen LogP contribution in [0.2, 0.25) is 0 Å². The van der Waals surface area contributed by atoms with E-state index < -0.39 is 0 Å². The van der Waals surface area contributed by atoms with Crippen LogP contribution in [0.4, 0.5) is 0 Å². The predicted octanol–water partition coefficient (Wildman–Crippen LogP) is 4.37. The Morgan fingerprint density at radius 3 is 2.05 bits per heavy atom. The van der Waals surface area contributed by atoms with E-state index in [1.807, 2.05) is 58.0 Å². The first-order chi connectivity index (χ1) is 8.82. The van der Waals surface area contributed by atoms with Crippen molar-refractivity contribution in [3.63, 3.8) is 0 Å². The second-order valence-corrected chi connectivity index (χ2v) is 5.91. The third kappa shape index (κ3) is 2.43. The number of rotatable bonds is 1. The van der Waals surface area contributed by atoms with E-state index in [1.165, 1.54) is 0 Å². The van der Waals surface area contributed by atoms with E-state index in [4.69, 9.17) is 0 Å². The highest BCUT2D eigenvalue weighted by molar-refractivity contribution is 5.78. The van der Waals surface area contributed by atoms with Crippen LogP contribution in [-0.4, -0.2) is 10.2 Å². The molecule has 2 heteroatoms. The fraction of sp³-hybridized carbons (Fsp3) is 0.294. The van der Waals surface area contributed by atoms with Crippen LogP contribution < -0.4 is 0 Å². The zero-order valence-corrected chi connectivity index (χ0v) is 11.9. The average molecular weight is 256 g/mol. The summed E-state index contributed by atoms with van der Waals surface area (Å²) < 4.78 is 0. The summed E-state index contributed by atoms with van der Waals surface area (Å²) in [6.45, 7) is 7.88. The largest absolute Gasteiger partial charge is 0.508 e. The summed E-state index contributed by atoms with van der Waals surface area (Å²) in [5.41, 5.74) is 2.87. The molecule has 100 valence electrons. The van der Waals surface area contributed by atoms with Crippen molar-refractivity contribution >= 4 is 0 Å². The van der Waals surface area contributed by atoms with Gasteiger partial charge in [0, 0.05) is 16.7 Å². The minimum atomic E-state index is -0.223. The molecule has 0 saturated heterocycles. The molecule has 0 atom stereocenters. The van der Waals surface area contributed by atoms with Crippen LogP contribution in [0.5, 0.6) is 11.5 Å². The van der Waals surface area contributed by atoms with Gasteiger partial charge in [0.25, 0.3) is 0 Å². The van der Waals surface area contributed by atoms with Gasteiger partial charge in [-0.1, -0.05) is 51.1 Å². The van der Waals surface area contributed by atoms with E-state index in [0.29, 0.717) is 11.1 Å². The van der Waals surface area contributed by atoms with Gasteiger partial charge in [-0.2, -0.15) is 0 Å². The number of phenolic OH excluding ortho intramolecular Hbond substituents is 2. The molecule has 2 N–H and O–H groups in total. The molecule has 0 aliphatic heterocycles. The second-order valence-electron chi connectivity index (χ2n) is 5.91. The molecule has 0 heterocycles. The maximum Gasteiger partial charge on any atom is 0.127 e. The van der Waals surface area contributed by atoms with Gasteiger partial charge in [0.15, 0.2) is 0 Å². The smallest absolute Gasteiger partial charge is 0.127 e. The Balaban J connectivity index is 2.77. The third-order valence-corrected chi connectivity index (χ3v) is 3.40. The van der Waals surface area contributed by atoms with E-state index in [-0.39, 0.29) is 16.9 Å². The molecule has 2 aromatic carbocycles. The molecule has 0 aliphatic rings. The van der Waals surface area contributed by atoms with E-state index in [2.05, 4.69) is 0 Å². The van der Waals surface area contributed by atoms with Gasteiger partial charge in [-0.05, 0) is 24.0 Å². The fourth-order valence-electron chi connectivity index (χ4n) is 2.28. The first kappa shape index (κ1) is 13.5. The molecular weight excluding hydrogens is 236 g/mol. The van der Waals surface area contributed by atoms with Crippen molar-refractivity contribution in [3.8, 4) is 22.6 Å². The molecule has 0 unspecified atom stereocenters. The van der Waals surface area contributed by atoms with Gasteiger partial charge in [-0.25, -0.2) is 0 Å². The molecule has 2 nitrogen and oxygen atoms in total. The Morgan fingerprint density at radius 2 is 1.53 bits per heavy atom. The molecule has 19 heavy (non-hydrogen) atoms. The lowest BCUT2D eigenvalue weighted by Crippen LogP contribution is -2.12. The molecule has 0 amide bonds. The molecule has 0 spiro atoms. The molecule has 0 radical (unpaired) electrons. The first-order valence-corrected chi connectivity index (χ1v) is 6.44. The van der Waals surface area contributed by atoms with Crippen LogP contribution in [0.15, 0.2) is 36.4 Å². The zero-order valence-electron chi connectivity index (χ0n) is 11.9. The summed E-state index contributed by atoms with van der Waals surface area (Å²) in [6.07, 6.45) is 0. The topological polar surface area (TPSA) is 40.5 Å². The van der Waals surface area contributed by atoms with Crippen molar-refractivity contribution in [2.75, 3.05) is 0 Å². The molecule has 0 bridgehead atoms. The summed E-state index contributed by atoms with van der Waals surface area (Å²) >= 11 is 0. The lowest BCUT2D eigenvalue weighted by Gasteiger charge is -2.24. The van der Waals surface area contributed by atoms with E-state index >= 15 is 0 Å². The Bertz CT molecular complexity index is 593. The maximum absolute atomic E-state index is 10.6. The van der Waals surface area contributed by atoms with Gasteiger partial charge >= 0.3 is 0 Å². The highest BCUT2D eigenvalue weighted by atomic mass is 16.3. The predicted molar refractivity (Wildman–Crippen MR) is 78.6 cm³/mol. The van der Waals surface area contributed by atoms with Crippen molar-refractivity contribution in [2.45, 2.75) is 33.1 Å². The second kappa shape index (κ2) is 4.61. The average Bonchev–Trinajstić information content (AvgIpc) is 2.34. The van der Waals surface area contributed by atoms with Crippen LogP contribution in [0.25, 0.3) is 11.1 Å². The standard InChI is InChI=1S/C17H20O2/c1-11-14(18)10-13(17(2,3)4)16(19)15(11)12-8-6-5-7-9-12/h5-10,18-19H,1-4H3. The Kier molecular flexibility index (Phi) is 3.27. The Hall–Kier alpha value is -1.96. The van der Waals surface area contributed by atoms with Gasteiger partial charge < -0.3 is 10.2 Å². The fourth-order valence-corrected chi connectivity index (χ4v) is 2.28.